The van der Waals surface area contributed by atoms with Crippen LogP contribution in [0.2, 0.25) is 0 Å². The molecule has 0 heterocycles. The van der Waals surface area contributed by atoms with Crippen molar-refractivity contribution in [3.63, 3.8) is 0 Å². The molecule has 0 aromatic carbocycles. The van der Waals surface area contributed by atoms with E-state index in [2.05, 4.69) is 71.2 Å². The maximum atomic E-state index is 13.3. The zero-order valence-electron chi connectivity index (χ0n) is 25.0. The van der Waals surface area contributed by atoms with E-state index < -0.39 is 5.41 Å². The van der Waals surface area contributed by atoms with Gasteiger partial charge in [0.15, 0.2) is 5.78 Å². The van der Waals surface area contributed by atoms with Crippen LogP contribution in [0.25, 0.3) is 0 Å². The molecule has 5 rings (SSSR count). The van der Waals surface area contributed by atoms with Gasteiger partial charge in [-0.05, 0) is 96.7 Å². The van der Waals surface area contributed by atoms with Crippen LogP contribution in [0.1, 0.15) is 99.8 Å². The number of hydrogen-bond donors (Lipinski definition) is 2. The SMILES string of the molecule is C=C1C[C@@H]2[C@@]3(C)C=C(C#N)C(=O)C(C)(C)[C@@H]3CC[C@@]2(C)[C@]2(C)CC[C@@]3(NC(=O)NC)CCC(C)(C)C[C@H]3[C@@H]12. The fraction of sp³-hybridized carbons (Fsp3) is 0.788. The molecular formula is C33H49N3O2. The van der Waals surface area contributed by atoms with Crippen molar-refractivity contribution in [2.75, 3.05) is 7.05 Å². The standard InChI is InChI=1S/C33H49N3O2/c1-20-16-24-30(6)17-21(19-34)26(37)29(4,5)23(30)10-11-31(24,7)32(8)13-15-33(36-27(38)35-9)14-12-28(2,3)18-22(33)25(20)32/h17,22-25H,1,10-16,18H2,2-9H3,(H2,35,36,38)/t22-,23-,24+,25+,30-,31+,32+,33-/m0/s1. The molecule has 0 aromatic heterocycles. The number of nitrogens with one attached hydrogen (secondary N) is 2. The van der Waals surface area contributed by atoms with E-state index in [9.17, 15) is 14.9 Å². The van der Waals surface area contributed by atoms with Gasteiger partial charge in [-0.1, -0.05) is 66.7 Å². The second-order valence-corrected chi connectivity index (χ2v) is 15.7. The first-order chi connectivity index (χ1) is 17.5. The molecule has 38 heavy (non-hydrogen) atoms. The third-order valence-corrected chi connectivity index (χ3v) is 13.2. The predicted octanol–water partition coefficient (Wildman–Crippen LogP) is 6.95. The lowest BCUT2D eigenvalue weighted by atomic mass is 9.32. The maximum Gasteiger partial charge on any atom is 0.314 e. The zero-order valence-corrected chi connectivity index (χ0v) is 25.0. The molecule has 5 heteroatoms. The highest BCUT2D eigenvalue weighted by Crippen LogP contribution is 2.76. The molecule has 0 spiro atoms. The summed E-state index contributed by atoms with van der Waals surface area (Å²) >= 11 is 0. The average Bonchev–Trinajstić information content (AvgIpc) is 2.83. The monoisotopic (exact) mass is 519 g/mol. The van der Waals surface area contributed by atoms with E-state index in [4.69, 9.17) is 6.58 Å². The number of hydrogen-bond acceptors (Lipinski definition) is 3. The highest BCUT2D eigenvalue weighted by Gasteiger charge is 2.71. The van der Waals surface area contributed by atoms with Gasteiger partial charge in [-0.15, -0.1) is 0 Å². The third-order valence-electron chi connectivity index (χ3n) is 13.2. The molecule has 5 aliphatic carbocycles. The Balaban J connectivity index is 1.62. The van der Waals surface area contributed by atoms with Gasteiger partial charge in [0.25, 0.3) is 0 Å². The molecule has 0 aliphatic heterocycles. The smallest absolute Gasteiger partial charge is 0.314 e. The van der Waals surface area contributed by atoms with Crippen LogP contribution in [0.15, 0.2) is 23.8 Å². The van der Waals surface area contributed by atoms with Crippen molar-refractivity contribution in [1.29, 1.82) is 5.26 Å². The van der Waals surface area contributed by atoms with E-state index in [1.165, 1.54) is 5.57 Å². The first-order valence-corrected chi connectivity index (χ1v) is 14.9. The Bertz CT molecular complexity index is 1160. The van der Waals surface area contributed by atoms with E-state index in [1.54, 1.807) is 7.05 Å². The number of ketones is 1. The lowest BCUT2D eigenvalue weighted by Crippen LogP contribution is -2.71. The molecular weight excluding hydrogens is 470 g/mol. The molecule has 0 bridgehead atoms. The summed E-state index contributed by atoms with van der Waals surface area (Å²) in [6, 6.07) is 2.20. The first kappa shape index (κ1) is 27.5. The van der Waals surface area contributed by atoms with E-state index in [1.807, 2.05) is 0 Å². The van der Waals surface area contributed by atoms with Crippen molar-refractivity contribution in [2.24, 2.45) is 50.7 Å². The van der Waals surface area contributed by atoms with E-state index in [-0.39, 0.29) is 44.9 Å². The number of carbonyl (C=O) groups is 2. The Kier molecular flexibility index (Phi) is 5.94. The molecule has 0 unspecified atom stereocenters. The molecule has 4 saturated carbocycles. The molecule has 8 atom stereocenters. The largest absolute Gasteiger partial charge is 0.341 e. The minimum absolute atomic E-state index is 0.0111. The number of fused-ring (bicyclic) bond motifs is 7. The second-order valence-electron chi connectivity index (χ2n) is 15.7. The molecule has 5 nitrogen and oxygen atoms in total. The van der Waals surface area contributed by atoms with Crippen molar-refractivity contribution in [3.8, 4) is 6.07 Å². The first-order valence-electron chi connectivity index (χ1n) is 14.9. The van der Waals surface area contributed by atoms with Gasteiger partial charge in [0.1, 0.15) is 6.07 Å². The van der Waals surface area contributed by atoms with Crippen LogP contribution >= 0.6 is 0 Å². The zero-order chi connectivity index (χ0) is 28.1. The lowest BCUT2D eigenvalue weighted by Gasteiger charge is -2.73. The van der Waals surface area contributed by atoms with Gasteiger partial charge in [-0.25, -0.2) is 4.79 Å². The molecule has 208 valence electrons. The summed E-state index contributed by atoms with van der Waals surface area (Å²) in [5.74, 6) is 1.25. The normalized spacial score (nSPS) is 46.8. The molecule has 5 aliphatic rings. The van der Waals surface area contributed by atoms with E-state index >= 15 is 0 Å². The molecule has 2 N–H and O–H groups in total. The Morgan fingerprint density at radius 1 is 1.00 bits per heavy atom. The third kappa shape index (κ3) is 3.40. The van der Waals surface area contributed by atoms with Gasteiger partial charge in [0.2, 0.25) is 0 Å². The number of amides is 2. The van der Waals surface area contributed by atoms with Crippen molar-refractivity contribution in [3.05, 3.63) is 23.8 Å². The van der Waals surface area contributed by atoms with Crippen LogP contribution in [-0.2, 0) is 4.79 Å². The van der Waals surface area contributed by atoms with Crippen LogP contribution in [0.4, 0.5) is 4.79 Å². The van der Waals surface area contributed by atoms with Crippen molar-refractivity contribution in [2.45, 2.75) is 105 Å². The number of allylic oxidation sites excluding steroid dienone is 3. The summed E-state index contributed by atoms with van der Waals surface area (Å²) < 4.78 is 0. The number of carbonyl (C=O) groups excluding carboxylic acids is 2. The molecule has 4 fully saturated rings. The van der Waals surface area contributed by atoms with Gasteiger partial charge < -0.3 is 10.6 Å². The highest BCUT2D eigenvalue weighted by molar-refractivity contribution is 6.04. The van der Waals surface area contributed by atoms with Crippen molar-refractivity contribution >= 4 is 11.8 Å². The Morgan fingerprint density at radius 2 is 1.66 bits per heavy atom. The quantitative estimate of drug-likeness (QED) is 0.368. The fourth-order valence-corrected chi connectivity index (χ4v) is 11.0. The summed E-state index contributed by atoms with van der Waals surface area (Å²) in [6.07, 6.45) is 10.4. The predicted molar refractivity (Wildman–Crippen MR) is 151 cm³/mol. The van der Waals surface area contributed by atoms with Crippen LogP contribution in [0, 0.1) is 62.1 Å². The topological polar surface area (TPSA) is 82.0 Å². The molecule has 0 saturated heterocycles. The number of rotatable bonds is 1. The van der Waals surface area contributed by atoms with Crippen LogP contribution in [0.3, 0.4) is 0 Å². The summed E-state index contributed by atoms with van der Waals surface area (Å²) in [4.78, 5) is 26.0. The van der Waals surface area contributed by atoms with Crippen molar-refractivity contribution < 1.29 is 9.59 Å². The summed E-state index contributed by atoms with van der Waals surface area (Å²) in [5, 5.41) is 16.3. The maximum absolute atomic E-state index is 13.3. The van der Waals surface area contributed by atoms with Gasteiger partial charge >= 0.3 is 6.03 Å². The van der Waals surface area contributed by atoms with Crippen LogP contribution in [-0.4, -0.2) is 24.4 Å². The van der Waals surface area contributed by atoms with Crippen LogP contribution in [0.5, 0.6) is 0 Å². The van der Waals surface area contributed by atoms with Crippen LogP contribution < -0.4 is 10.6 Å². The fourth-order valence-electron chi connectivity index (χ4n) is 11.0. The van der Waals surface area contributed by atoms with Gasteiger partial charge in [0.05, 0.1) is 5.57 Å². The molecule has 2 amide bonds. The van der Waals surface area contributed by atoms with E-state index in [0.717, 1.165) is 51.4 Å². The summed E-state index contributed by atoms with van der Waals surface area (Å²) in [5.41, 5.74) is 1.04. The average molecular weight is 520 g/mol. The van der Waals surface area contributed by atoms with Gasteiger partial charge in [-0.2, -0.15) is 5.26 Å². The second kappa shape index (κ2) is 8.21. The molecule has 0 aromatic rings. The number of nitriles is 1. The van der Waals surface area contributed by atoms with Gasteiger partial charge in [-0.3, -0.25) is 4.79 Å². The van der Waals surface area contributed by atoms with Gasteiger partial charge in [0, 0.05) is 18.0 Å². The summed E-state index contributed by atoms with van der Waals surface area (Å²) in [7, 11) is 1.71. The number of nitrogens with zero attached hydrogens (tertiary/aromatic N) is 1. The summed E-state index contributed by atoms with van der Waals surface area (Å²) in [6.45, 7) is 21.1. The Labute approximate surface area is 230 Å². The minimum Gasteiger partial charge on any atom is -0.341 e. The Morgan fingerprint density at radius 3 is 2.29 bits per heavy atom. The molecule has 0 radical (unpaired) electrons. The highest BCUT2D eigenvalue weighted by atomic mass is 16.2. The minimum atomic E-state index is -0.540. The number of urea groups is 1. The lowest BCUT2D eigenvalue weighted by molar-refractivity contribution is -0.201. The number of Topliss-reactive ketones (excluding diaryl/α,β-unsaturated/α-hetero) is 1. The van der Waals surface area contributed by atoms with Crippen molar-refractivity contribution in [1.82, 2.24) is 10.6 Å². The Hall–Kier alpha value is -2.09. The van der Waals surface area contributed by atoms with E-state index in [0.29, 0.717) is 23.3 Å².